The lowest BCUT2D eigenvalue weighted by molar-refractivity contribution is 0.112. The molecule has 5 heteroatoms. The van der Waals surface area contributed by atoms with Crippen LogP contribution in [0, 0.1) is 0 Å². The van der Waals surface area contributed by atoms with Crippen molar-refractivity contribution in [3.8, 4) is 23.0 Å². The summed E-state index contributed by atoms with van der Waals surface area (Å²) in [5.74, 6) is 1.74. The molecule has 4 rings (SSSR count). The summed E-state index contributed by atoms with van der Waals surface area (Å²) < 4.78 is 10.1. The molecule has 142 valence electrons. The molecule has 0 aliphatic rings. The lowest BCUT2D eigenvalue weighted by atomic mass is 10.0. The normalized spacial score (nSPS) is 10.2. The predicted molar refractivity (Wildman–Crippen MR) is 110 cm³/mol. The molecule has 0 fully saturated rings. The van der Waals surface area contributed by atoms with Crippen LogP contribution in [0.4, 0.5) is 0 Å². The van der Waals surface area contributed by atoms with Gasteiger partial charge in [0.05, 0.1) is 19.8 Å². The van der Waals surface area contributed by atoms with Gasteiger partial charge in [-0.1, -0.05) is 24.3 Å². The summed E-state index contributed by atoms with van der Waals surface area (Å²) in [5.41, 5.74) is 0.298. The lowest BCUT2D eigenvalue weighted by Gasteiger charge is -2.05. The van der Waals surface area contributed by atoms with Crippen molar-refractivity contribution < 1.29 is 24.5 Å². The van der Waals surface area contributed by atoms with Crippen LogP contribution in [0.5, 0.6) is 23.0 Å². The molecular weight excluding hydrogens is 356 g/mol. The zero-order chi connectivity index (χ0) is 20.1. The Labute approximate surface area is 162 Å². The van der Waals surface area contributed by atoms with Crippen LogP contribution >= 0.6 is 0 Å². The second-order valence-corrected chi connectivity index (χ2v) is 6.10. The van der Waals surface area contributed by atoms with Crippen molar-refractivity contribution in [1.82, 2.24) is 0 Å². The number of carbonyl (C=O) groups is 1. The lowest BCUT2D eigenvalue weighted by Crippen LogP contribution is -1.87. The molecule has 2 N–H and O–H groups in total. The van der Waals surface area contributed by atoms with E-state index in [-0.39, 0.29) is 11.5 Å². The Morgan fingerprint density at radius 3 is 2.00 bits per heavy atom. The van der Waals surface area contributed by atoms with Gasteiger partial charge >= 0.3 is 0 Å². The highest BCUT2D eigenvalue weighted by molar-refractivity contribution is 6.01. The molecule has 0 spiro atoms. The minimum Gasteiger partial charge on any atom is -0.508 e. The Bertz CT molecular complexity index is 1130. The molecule has 4 aromatic carbocycles. The van der Waals surface area contributed by atoms with Crippen LogP contribution in [0.1, 0.15) is 10.4 Å². The van der Waals surface area contributed by atoms with Crippen LogP contribution in [0.25, 0.3) is 21.5 Å². The summed E-state index contributed by atoms with van der Waals surface area (Å²) in [4.78, 5) is 10.8. The first kappa shape index (κ1) is 19.0. The Morgan fingerprint density at radius 1 is 0.714 bits per heavy atom. The third-order valence-electron chi connectivity index (χ3n) is 4.40. The molecule has 0 aliphatic carbocycles. The zero-order valence-electron chi connectivity index (χ0n) is 15.5. The number of rotatable bonds is 3. The summed E-state index contributed by atoms with van der Waals surface area (Å²) >= 11 is 0. The standard InChI is InChI=1S/C12H10O3.C11H10O2/c1-15-9-4-2-8-3-5-12(14)11(7-13)10(8)6-9;1-13-11-5-3-8-2-4-10(12)6-9(8)7-11/h2-7,14H,1H3;2-7,12H,1H3. The number of fused-ring (bicyclic) bond motifs is 2. The van der Waals surface area contributed by atoms with E-state index in [1.807, 2.05) is 36.4 Å². The molecule has 5 nitrogen and oxygen atoms in total. The molecule has 0 atom stereocenters. The van der Waals surface area contributed by atoms with Crippen molar-refractivity contribution in [2.24, 2.45) is 0 Å². The van der Waals surface area contributed by atoms with E-state index >= 15 is 0 Å². The summed E-state index contributed by atoms with van der Waals surface area (Å²) in [6.07, 6.45) is 0.650. The van der Waals surface area contributed by atoms with Gasteiger partial charge in [0.1, 0.15) is 23.0 Å². The van der Waals surface area contributed by atoms with Crippen LogP contribution in [-0.2, 0) is 0 Å². The number of aldehydes is 1. The van der Waals surface area contributed by atoms with E-state index in [1.165, 1.54) is 6.07 Å². The first-order chi connectivity index (χ1) is 13.5. The van der Waals surface area contributed by atoms with Gasteiger partial charge in [-0.2, -0.15) is 0 Å². The number of ether oxygens (including phenoxy) is 2. The van der Waals surface area contributed by atoms with Crippen LogP contribution in [-0.4, -0.2) is 30.7 Å². The zero-order valence-corrected chi connectivity index (χ0v) is 15.5. The van der Waals surface area contributed by atoms with Gasteiger partial charge < -0.3 is 19.7 Å². The first-order valence-electron chi connectivity index (χ1n) is 8.57. The van der Waals surface area contributed by atoms with E-state index in [0.29, 0.717) is 23.0 Å². The van der Waals surface area contributed by atoms with E-state index < -0.39 is 0 Å². The highest BCUT2D eigenvalue weighted by atomic mass is 16.5. The van der Waals surface area contributed by atoms with E-state index in [4.69, 9.17) is 9.47 Å². The van der Waals surface area contributed by atoms with Gasteiger partial charge in [0.15, 0.2) is 6.29 Å². The second-order valence-electron chi connectivity index (χ2n) is 6.10. The molecule has 0 aliphatic heterocycles. The first-order valence-corrected chi connectivity index (χ1v) is 8.57. The number of methoxy groups -OCH3 is 2. The van der Waals surface area contributed by atoms with Crippen LogP contribution in [0.3, 0.4) is 0 Å². The van der Waals surface area contributed by atoms with Crippen LogP contribution in [0.15, 0.2) is 66.7 Å². The van der Waals surface area contributed by atoms with E-state index in [9.17, 15) is 15.0 Å². The fourth-order valence-electron chi connectivity index (χ4n) is 2.90. The quantitative estimate of drug-likeness (QED) is 0.496. The Balaban J connectivity index is 0.000000162. The molecule has 0 saturated heterocycles. The monoisotopic (exact) mass is 376 g/mol. The van der Waals surface area contributed by atoms with Gasteiger partial charge in [0.2, 0.25) is 0 Å². The maximum absolute atomic E-state index is 10.8. The van der Waals surface area contributed by atoms with Gasteiger partial charge in [-0.15, -0.1) is 0 Å². The van der Waals surface area contributed by atoms with E-state index in [1.54, 1.807) is 38.5 Å². The molecule has 0 aromatic heterocycles. The Morgan fingerprint density at radius 2 is 1.32 bits per heavy atom. The minimum atomic E-state index is -0.00856. The smallest absolute Gasteiger partial charge is 0.154 e. The number of hydrogen-bond acceptors (Lipinski definition) is 5. The van der Waals surface area contributed by atoms with E-state index in [2.05, 4.69) is 0 Å². The number of benzene rings is 4. The average molecular weight is 376 g/mol. The molecule has 0 bridgehead atoms. The highest BCUT2D eigenvalue weighted by Gasteiger charge is 2.06. The molecule has 0 radical (unpaired) electrons. The van der Waals surface area contributed by atoms with Crippen molar-refractivity contribution in [1.29, 1.82) is 0 Å². The summed E-state index contributed by atoms with van der Waals surface area (Å²) in [6.45, 7) is 0. The number of carbonyl (C=O) groups excluding carboxylic acids is 1. The minimum absolute atomic E-state index is 0.00856. The number of phenols is 2. The van der Waals surface area contributed by atoms with Crippen LogP contribution in [0.2, 0.25) is 0 Å². The second kappa shape index (κ2) is 8.31. The molecular formula is C23H20O5. The van der Waals surface area contributed by atoms with Gasteiger partial charge in [-0.05, 0) is 64.0 Å². The third-order valence-corrected chi connectivity index (χ3v) is 4.40. The maximum atomic E-state index is 10.8. The molecule has 0 heterocycles. The fraction of sp³-hybridized carbons (Fsp3) is 0.0870. The molecule has 0 unspecified atom stereocenters. The van der Waals surface area contributed by atoms with Crippen molar-refractivity contribution in [2.45, 2.75) is 0 Å². The van der Waals surface area contributed by atoms with Gasteiger partial charge in [-0.3, -0.25) is 4.79 Å². The van der Waals surface area contributed by atoms with Crippen molar-refractivity contribution in [3.05, 3.63) is 72.3 Å². The fourth-order valence-corrected chi connectivity index (χ4v) is 2.90. The van der Waals surface area contributed by atoms with Crippen LogP contribution < -0.4 is 9.47 Å². The third kappa shape index (κ3) is 3.99. The van der Waals surface area contributed by atoms with E-state index in [0.717, 1.165) is 21.9 Å². The van der Waals surface area contributed by atoms with Gasteiger partial charge in [0.25, 0.3) is 0 Å². The molecule has 28 heavy (non-hydrogen) atoms. The number of aromatic hydroxyl groups is 2. The largest absolute Gasteiger partial charge is 0.508 e. The number of hydrogen-bond donors (Lipinski definition) is 2. The highest BCUT2D eigenvalue weighted by Crippen LogP contribution is 2.28. The van der Waals surface area contributed by atoms with Gasteiger partial charge in [-0.25, -0.2) is 0 Å². The summed E-state index contributed by atoms with van der Waals surface area (Å²) in [5, 5.41) is 22.4. The Kier molecular flexibility index (Phi) is 5.65. The van der Waals surface area contributed by atoms with Gasteiger partial charge in [0, 0.05) is 0 Å². The average Bonchev–Trinajstić information content (AvgIpc) is 2.73. The van der Waals surface area contributed by atoms with Crippen molar-refractivity contribution >= 4 is 27.8 Å². The molecule has 0 saturated carbocycles. The number of phenolic OH excluding ortho intramolecular Hbond substituents is 2. The van der Waals surface area contributed by atoms with Crippen molar-refractivity contribution in [2.75, 3.05) is 14.2 Å². The summed E-state index contributed by atoms with van der Waals surface area (Å²) in [7, 11) is 3.19. The molecule has 4 aromatic rings. The molecule has 0 amide bonds. The van der Waals surface area contributed by atoms with Crippen molar-refractivity contribution in [3.63, 3.8) is 0 Å². The predicted octanol–water partition coefficient (Wildman–Crippen LogP) is 4.92. The Hall–Kier alpha value is -3.73. The topological polar surface area (TPSA) is 76.0 Å². The maximum Gasteiger partial charge on any atom is 0.154 e. The SMILES string of the molecule is COc1ccc2ccc(O)c(C=O)c2c1.COc1ccc2ccc(O)cc2c1. The summed E-state index contributed by atoms with van der Waals surface area (Å²) in [6, 6.07) is 19.7.